The Hall–Kier alpha value is -2.69. The monoisotopic (exact) mass is 341 g/mol. The molecule has 0 saturated heterocycles. The maximum atomic E-state index is 12.5. The molecule has 5 nitrogen and oxygen atoms in total. The van der Waals surface area contributed by atoms with E-state index in [0.29, 0.717) is 28.9 Å². The van der Waals surface area contributed by atoms with Crippen molar-refractivity contribution in [2.45, 2.75) is 46.6 Å². The summed E-state index contributed by atoms with van der Waals surface area (Å²) in [5.41, 5.74) is 3.13. The third kappa shape index (κ3) is 4.44. The minimum absolute atomic E-state index is 0.0993. The van der Waals surface area contributed by atoms with E-state index in [0.717, 1.165) is 5.56 Å². The third-order valence-corrected chi connectivity index (χ3v) is 4.17. The normalized spacial score (nSPS) is 11.8. The van der Waals surface area contributed by atoms with Gasteiger partial charge >= 0.3 is 5.97 Å². The first-order valence-corrected chi connectivity index (χ1v) is 8.29. The third-order valence-electron chi connectivity index (χ3n) is 4.17. The molecule has 5 heteroatoms. The van der Waals surface area contributed by atoms with Crippen molar-refractivity contribution in [3.63, 3.8) is 0 Å². The minimum Gasteiger partial charge on any atom is -0.454 e. The molecular formula is C20H23NO4. The van der Waals surface area contributed by atoms with Crippen molar-refractivity contribution in [1.29, 1.82) is 0 Å². The number of carbonyl (C=O) groups excluding carboxylic acids is 3. The first kappa shape index (κ1) is 18.6. The van der Waals surface area contributed by atoms with E-state index in [1.54, 1.807) is 20.8 Å². The topological polar surface area (TPSA) is 76.2 Å². The largest absolute Gasteiger partial charge is 0.454 e. The molecule has 0 fully saturated rings. The summed E-state index contributed by atoms with van der Waals surface area (Å²) in [7, 11) is 0. The highest BCUT2D eigenvalue weighted by Crippen LogP contribution is 2.20. The van der Waals surface area contributed by atoms with Crippen molar-refractivity contribution in [3.05, 3.63) is 58.4 Å². The van der Waals surface area contributed by atoms with Gasteiger partial charge in [0.15, 0.2) is 11.9 Å². The van der Waals surface area contributed by atoms with E-state index in [1.807, 2.05) is 30.3 Å². The number of nitrogens with one attached hydrogen (secondary N) is 1. The Labute approximate surface area is 147 Å². The van der Waals surface area contributed by atoms with Crippen LogP contribution in [0.25, 0.3) is 0 Å². The van der Waals surface area contributed by atoms with Gasteiger partial charge < -0.3 is 9.72 Å². The number of ether oxygens (including phenoxy) is 1. The highest BCUT2D eigenvalue weighted by Gasteiger charge is 2.25. The number of rotatable bonds is 7. The van der Waals surface area contributed by atoms with Gasteiger partial charge in [-0.2, -0.15) is 0 Å². The van der Waals surface area contributed by atoms with Gasteiger partial charge in [-0.15, -0.1) is 0 Å². The van der Waals surface area contributed by atoms with E-state index in [-0.39, 0.29) is 18.0 Å². The SMILES string of the molecule is CC(=O)c1c(C)[nH]c(C(=O)[C@@H](C)OC(=O)CCc2ccccc2)c1C. The zero-order valence-corrected chi connectivity index (χ0v) is 15.0. The first-order valence-electron chi connectivity index (χ1n) is 8.29. The highest BCUT2D eigenvalue weighted by atomic mass is 16.5. The van der Waals surface area contributed by atoms with Gasteiger partial charge in [0.25, 0.3) is 0 Å². The zero-order chi connectivity index (χ0) is 18.6. The summed E-state index contributed by atoms with van der Waals surface area (Å²) in [6.45, 7) is 6.48. The number of aromatic amines is 1. The van der Waals surface area contributed by atoms with Crippen LogP contribution in [0.2, 0.25) is 0 Å². The van der Waals surface area contributed by atoms with Crippen LogP contribution in [0.3, 0.4) is 0 Å². The fourth-order valence-electron chi connectivity index (χ4n) is 2.93. The van der Waals surface area contributed by atoms with Crippen LogP contribution < -0.4 is 0 Å². The van der Waals surface area contributed by atoms with Crippen LogP contribution in [0.1, 0.15) is 57.9 Å². The number of ketones is 2. The number of aromatic nitrogens is 1. The molecule has 2 aromatic rings. The van der Waals surface area contributed by atoms with Crippen LogP contribution in [-0.4, -0.2) is 28.6 Å². The fraction of sp³-hybridized carbons (Fsp3) is 0.350. The average Bonchev–Trinajstić information content (AvgIpc) is 2.87. The van der Waals surface area contributed by atoms with Crippen molar-refractivity contribution >= 4 is 17.5 Å². The van der Waals surface area contributed by atoms with Crippen LogP contribution in [-0.2, 0) is 16.0 Å². The molecule has 0 amide bonds. The van der Waals surface area contributed by atoms with E-state index in [4.69, 9.17) is 4.74 Å². The molecule has 0 aliphatic rings. The molecule has 0 aliphatic carbocycles. The van der Waals surface area contributed by atoms with Gasteiger partial charge in [-0.25, -0.2) is 0 Å². The second-order valence-electron chi connectivity index (χ2n) is 6.16. The Morgan fingerprint density at radius 3 is 2.32 bits per heavy atom. The molecule has 0 saturated carbocycles. The molecule has 0 aliphatic heterocycles. The van der Waals surface area contributed by atoms with Crippen molar-refractivity contribution in [3.8, 4) is 0 Å². The van der Waals surface area contributed by atoms with Crippen LogP contribution >= 0.6 is 0 Å². The summed E-state index contributed by atoms with van der Waals surface area (Å²) < 4.78 is 5.26. The maximum absolute atomic E-state index is 12.5. The standard InChI is InChI=1S/C20H23NO4/c1-12-18(14(3)22)13(2)21-19(12)20(24)15(4)25-17(23)11-10-16-8-6-5-7-9-16/h5-9,15,21H,10-11H2,1-4H3/t15-/m1/s1. The molecule has 0 bridgehead atoms. The summed E-state index contributed by atoms with van der Waals surface area (Å²) in [5, 5.41) is 0. The van der Waals surface area contributed by atoms with Gasteiger partial charge in [0.1, 0.15) is 0 Å². The minimum atomic E-state index is -0.903. The Morgan fingerprint density at radius 1 is 1.12 bits per heavy atom. The second kappa shape index (κ2) is 7.92. The number of aryl methyl sites for hydroxylation is 2. The molecule has 132 valence electrons. The smallest absolute Gasteiger partial charge is 0.306 e. The Kier molecular flexibility index (Phi) is 5.91. The lowest BCUT2D eigenvalue weighted by Crippen LogP contribution is -2.25. The molecule has 1 aromatic heterocycles. The molecule has 0 spiro atoms. The molecule has 2 rings (SSSR count). The Bertz CT molecular complexity index is 790. The average molecular weight is 341 g/mol. The molecule has 1 atom stereocenters. The summed E-state index contributed by atoms with van der Waals surface area (Å²) in [5.74, 6) is -0.851. The number of benzene rings is 1. The van der Waals surface area contributed by atoms with Gasteiger partial charge in [0.05, 0.1) is 5.69 Å². The molecular weight excluding hydrogens is 318 g/mol. The van der Waals surface area contributed by atoms with Crippen molar-refractivity contribution in [2.24, 2.45) is 0 Å². The number of esters is 1. The first-order chi connectivity index (χ1) is 11.8. The van der Waals surface area contributed by atoms with Crippen LogP contribution in [0.4, 0.5) is 0 Å². The van der Waals surface area contributed by atoms with Crippen molar-refractivity contribution in [1.82, 2.24) is 4.98 Å². The van der Waals surface area contributed by atoms with Gasteiger partial charge in [0.2, 0.25) is 5.78 Å². The predicted octanol–water partition coefficient (Wildman–Crippen LogP) is 3.58. The number of hydrogen-bond acceptors (Lipinski definition) is 4. The van der Waals surface area contributed by atoms with Gasteiger partial charge in [-0.1, -0.05) is 30.3 Å². The van der Waals surface area contributed by atoms with Crippen LogP contribution in [0.15, 0.2) is 30.3 Å². The molecule has 0 unspecified atom stereocenters. The lowest BCUT2D eigenvalue weighted by Gasteiger charge is -2.12. The summed E-state index contributed by atoms with van der Waals surface area (Å²) in [6.07, 6.45) is -0.126. The van der Waals surface area contributed by atoms with E-state index in [9.17, 15) is 14.4 Å². The molecule has 1 N–H and O–H groups in total. The van der Waals surface area contributed by atoms with E-state index < -0.39 is 12.1 Å². The lowest BCUT2D eigenvalue weighted by atomic mass is 10.0. The highest BCUT2D eigenvalue weighted by molar-refractivity contribution is 6.05. The number of Topliss-reactive ketones (excluding diaryl/α,β-unsaturated/α-hetero) is 2. The second-order valence-corrected chi connectivity index (χ2v) is 6.16. The zero-order valence-electron chi connectivity index (χ0n) is 15.0. The lowest BCUT2D eigenvalue weighted by molar-refractivity contribution is -0.146. The number of H-pyrrole nitrogens is 1. The van der Waals surface area contributed by atoms with E-state index in [2.05, 4.69) is 4.98 Å². The van der Waals surface area contributed by atoms with Gasteiger partial charge in [0, 0.05) is 17.7 Å². The summed E-state index contributed by atoms with van der Waals surface area (Å²) in [6, 6.07) is 9.62. The Morgan fingerprint density at radius 2 is 1.76 bits per heavy atom. The van der Waals surface area contributed by atoms with Crippen molar-refractivity contribution < 1.29 is 19.1 Å². The summed E-state index contributed by atoms with van der Waals surface area (Å²) in [4.78, 5) is 39.2. The van der Waals surface area contributed by atoms with E-state index in [1.165, 1.54) is 6.92 Å². The van der Waals surface area contributed by atoms with Gasteiger partial charge in [-0.05, 0) is 45.2 Å². The fourth-order valence-corrected chi connectivity index (χ4v) is 2.93. The van der Waals surface area contributed by atoms with Crippen LogP contribution in [0, 0.1) is 13.8 Å². The maximum Gasteiger partial charge on any atom is 0.306 e. The Balaban J connectivity index is 1.99. The number of hydrogen-bond donors (Lipinski definition) is 1. The summed E-state index contributed by atoms with van der Waals surface area (Å²) >= 11 is 0. The van der Waals surface area contributed by atoms with Crippen molar-refractivity contribution in [2.75, 3.05) is 0 Å². The van der Waals surface area contributed by atoms with Crippen LogP contribution in [0.5, 0.6) is 0 Å². The molecule has 0 radical (unpaired) electrons. The van der Waals surface area contributed by atoms with E-state index >= 15 is 0 Å². The molecule has 1 aromatic carbocycles. The molecule has 1 heterocycles. The predicted molar refractivity (Wildman–Crippen MR) is 94.9 cm³/mol. The number of carbonyl (C=O) groups is 3. The quantitative estimate of drug-likeness (QED) is 0.617. The van der Waals surface area contributed by atoms with Gasteiger partial charge in [-0.3, -0.25) is 14.4 Å². The molecule has 25 heavy (non-hydrogen) atoms.